The number of anilines is 1. The molecule has 0 spiro atoms. The Morgan fingerprint density at radius 1 is 1.35 bits per heavy atom. The normalized spacial score (nSPS) is 13.9. The van der Waals surface area contributed by atoms with Crippen molar-refractivity contribution >= 4 is 17.7 Å². The molecule has 1 aliphatic rings. The standard InChI is InChI=1S/C13H14F2N2O3/c1-2-17(7-3-4-7)13(20)16-11-5-8(12(18)19)9(14)6-10(11)15/h5-7H,2-4H2,1H3,(H,16,20)(H,18,19). The molecule has 5 nitrogen and oxygen atoms in total. The first-order valence-corrected chi connectivity index (χ1v) is 6.24. The van der Waals surface area contributed by atoms with Crippen LogP contribution in [0.1, 0.15) is 30.1 Å². The minimum atomic E-state index is -1.52. The van der Waals surface area contributed by atoms with Crippen molar-refractivity contribution in [1.29, 1.82) is 0 Å². The van der Waals surface area contributed by atoms with Crippen LogP contribution >= 0.6 is 0 Å². The molecular formula is C13H14F2N2O3. The minimum absolute atomic E-state index is 0.141. The third-order valence-electron chi connectivity index (χ3n) is 3.12. The Kier molecular flexibility index (Phi) is 3.87. The summed E-state index contributed by atoms with van der Waals surface area (Å²) in [6.45, 7) is 2.26. The molecule has 1 fully saturated rings. The van der Waals surface area contributed by atoms with Crippen LogP contribution < -0.4 is 5.32 Å². The lowest BCUT2D eigenvalue weighted by Crippen LogP contribution is -2.36. The summed E-state index contributed by atoms with van der Waals surface area (Å²) in [5.74, 6) is -3.71. The number of rotatable bonds is 4. The lowest BCUT2D eigenvalue weighted by Gasteiger charge is -2.21. The van der Waals surface area contributed by atoms with E-state index in [4.69, 9.17) is 5.11 Å². The number of nitrogens with one attached hydrogen (secondary N) is 1. The first-order chi connectivity index (χ1) is 9.43. The number of hydrogen-bond donors (Lipinski definition) is 2. The second-order valence-electron chi connectivity index (χ2n) is 4.56. The molecular weight excluding hydrogens is 270 g/mol. The summed E-state index contributed by atoms with van der Waals surface area (Å²) >= 11 is 0. The van der Waals surface area contributed by atoms with E-state index in [1.54, 1.807) is 6.92 Å². The van der Waals surface area contributed by atoms with Crippen LogP contribution in [0.15, 0.2) is 12.1 Å². The van der Waals surface area contributed by atoms with Gasteiger partial charge in [0, 0.05) is 18.7 Å². The van der Waals surface area contributed by atoms with Crippen molar-refractivity contribution in [2.75, 3.05) is 11.9 Å². The van der Waals surface area contributed by atoms with Crippen molar-refractivity contribution < 1.29 is 23.5 Å². The van der Waals surface area contributed by atoms with Crippen LogP contribution in [-0.4, -0.2) is 34.6 Å². The fraction of sp³-hybridized carbons (Fsp3) is 0.385. The minimum Gasteiger partial charge on any atom is -0.478 e. The van der Waals surface area contributed by atoms with Crippen molar-refractivity contribution in [2.24, 2.45) is 0 Å². The number of urea groups is 1. The van der Waals surface area contributed by atoms with Gasteiger partial charge in [-0.2, -0.15) is 0 Å². The number of carboxylic acid groups (broad SMARTS) is 1. The second kappa shape index (κ2) is 5.44. The number of carbonyl (C=O) groups is 2. The van der Waals surface area contributed by atoms with Crippen LogP contribution in [0.3, 0.4) is 0 Å². The monoisotopic (exact) mass is 284 g/mol. The Labute approximate surface area is 114 Å². The van der Waals surface area contributed by atoms with Crippen LogP contribution in [0.4, 0.5) is 19.3 Å². The quantitative estimate of drug-likeness (QED) is 0.893. The molecule has 0 unspecified atom stereocenters. The molecule has 1 aromatic carbocycles. The van der Waals surface area contributed by atoms with Crippen LogP contribution in [0.25, 0.3) is 0 Å². The third kappa shape index (κ3) is 2.87. The van der Waals surface area contributed by atoms with Crippen LogP contribution in [0.5, 0.6) is 0 Å². The van der Waals surface area contributed by atoms with Gasteiger partial charge < -0.3 is 15.3 Å². The maximum atomic E-state index is 13.6. The molecule has 0 aromatic heterocycles. The smallest absolute Gasteiger partial charge is 0.338 e. The molecule has 1 aliphatic carbocycles. The van der Waals surface area contributed by atoms with Crippen molar-refractivity contribution in [3.63, 3.8) is 0 Å². The van der Waals surface area contributed by atoms with E-state index >= 15 is 0 Å². The van der Waals surface area contributed by atoms with Crippen molar-refractivity contribution in [2.45, 2.75) is 25.8 Å². The van der Waals surface area contributed by atoms with E-state index in [1.165, 1.54) is 4.90 Å². The van der Waals surface area contributed by atoms with Crippen LogP contribution in [0.2, 0.25) is 0 Å². The topological polar surface area (TPSA) is 69.6 Å². The van der Waals surface area contributed by atoms with E-state index in [0.717, 1.165) is 18.9 Å². The summed E-state index contributed by atoms with van der Waals surface area (Å²) in [5, 5.41) is 11.1. The first-order valence-electron chi connectivity index (χ1n) is 6.24. The summed E-state index contributed by atoms with van der Waals surface area (Å²) in [7, 11) is 0. The molecule has 2 amide bonds. The number of hydrogen-bond acceptors (Lipinski definition) is 2. The van der Waals surface area contributed by atoms with Crippen molar-refractivity contribution in [1.82, 2.24) is 4.90 Å². The predicted octanol–water partition coefficient (Wildman–Crippen LogP) is 2.68. The van der Waals surface area contributed by atoms with Crippen molar-refractivity contribution in [3.05, 3.63) is 29.3 Å². The highest BCUT2D eigenvalue weighted by Gasteiger charge is 2.31. The number of benzene rings is 1. The zero-order valence-corrected chi connectivity index (χ0v) is 10.8. The van der Waals surface area contributed by atoms with Gasteiger partial charge in [-0.1, -0.05) is 0 Å². The number of carbonyl (C=O) groups excluding carboxylic acids is 1. The van der Waals surface area contributed by atoms with Crippen LogP contribution in [-0.2, 0) is 0 Å². The van der Waals surface area contributed by atoms with Gasteiger partial charge in [-0.3, -0.25) is 0 Å². The molecule has 108 valence electrons. The summed E-state index contributed by atoms with van der Waals surface area (Å²) in [6.07, 6.45) is 1.79. The Balaban J connectivity index is 2.22. The molecule has 0 radical (unpaired) electrons. The second-order valence-corrected chi connectivity index (χ2v) is 4.56. The number of halogens is 2. The van der Waals surface area contributed by atoms with E-state index in [0.29, 0.717) is 12.6 Å². The highest BCUT2D eigenvalue weighted by atomic mass is 19.1. The Morgan fingerprint density at radius 3 is 2.50 bits per heavy atom. The zero-order valence-electron chi connectivity index (χ0n) is 10.8. The fourth-order valence-corrected chi connectivity index (χ4v) is 1.95. The SMILES string of the molecule is CCN(C(=O)Nc1cc(C(=O)O)c(F)cc1F)C1CC1. The molecule has 0 heterocycles. The van der Waals surface area contributed by atoms with E-state index in [1.807, 2.05) is 0 Å². The van der Waals surface area contributed by atoms with Gasteiger partial charge in [-0.25, -0.2) is 18.4 Å². The van der Waals surface area contributed by atoms with Crippen LogP contribution in [0, 0.1) is 11.6 Å². The predicted molar refractivity (Wildman–Crippen MR) is 67.7 cm³/mol. The van der Waals surface area contributed by atoms with Gasteiger partial charge in [0.2, 0.25) is 0 Å². The Morgan fingerprint density at radius 2 is 2.00 bits per heavy atom. The Bertz CT molecular complexity index is 559. The molecule has 1 aromatic rings. The highest BCUT2D eigenvalue weighted by molar-refractivity contribution is 5.93. The molecule has 20 heavy (non-hydrogen) atoms. The van der Waals surface area contributed by atoms with Crippen molar-refractivity contribution in [3.8, 4) is 0 Å². The number of aromatic carboxylic acids is 1. The number of nitrogens with zero attached hydrogens (tertiary/aromatic N) is 1. The number of amides is 2. The van der Waals surface area contributed by atoms with E-state index in [-0.39, 0.29) is 11.7 Å². The van der Waals surface area contributed by atoms with E-state index < -0.39 is 29.2 Å². The Hall–Kier alpha value is -2.18. The van der Waals surface area contributed by atoms with E-state index in [2.05, 4.69) is 5.32 Å². The maximum absolute atomic E-state index is 13.6. The first kappa shape index (κ1) is 14.2. The van der Waals surface area contributed by atoms with Gasteiger partial charge in [-0.15, -0.1) is 0 Å². The van der Waals surface area contributed by atoms with Gasteiger partial charge >= 0.3 is 12.0 Å². The summed E-state index contributed by atoms with van der Waals surface area (Å²) in [5.41, 5.74) is -1.02. The van der Waals surface area contributed by atoms with Gasteiger partial charge in [0.15, 0.2) is 0 Å². The zero-order chi connectivity index (χ0) is 14.9. The number of carboxylic acids is 1. The van der Waals surface area contributed by atoms with Gasteiger partial charge in [0.05, 0.1) is 11.3 Å². The van der Waals surface area contributed by atoms with Gasteiger partial charge in [0.25, 0.3) is 0 Å². The molecule has 0 saturated heterocycles. The highest BCUT2D eigenvalue weighted by Crippen LogP contribution is 2.27. The summed E-state index contributed by atoms with van der Waals surface area (Å²) in [6, 6.07) is 0.859. The third-order valence-corrected chi connectivity index (χ3v) is 3.12. The average molecular weight is 284 g/mol. The molecule has 0 bridgehead atoms. The molecule has 0 aliphatic heterocycles. The van der Waals surface area contributed by atoms with Gasteiger partial charge in [-0.05, 0) is 25.8 Å². The van der Waals surface area contributed by atoms with Gasteiger partial charge in [0.1, 0.15) is 11.6 Å². The summed E-state index contributed by atoms with van der Waals surface area (Å²) in [4.78, 5) is 24.3. The maximum Gasteiger partial charge on any atom is 0.338 e. The summed E-state index contributed by atoms with van der Waals surface area (Å²) < 4.78 is 26.8. The largest absolute Gasteiger partial charge is 0.478 e. The fourth-order valence-electron chi connectivity index (χ4n) is 1.95. The molecule has 7 heteroatoms. The molecule has 2 rings (SSSR count). The lowest BCUT2D eigenvalue weighted by molar-refractivity contribution is 0.0691. The lowest BCUT2D eigenvalue weighted by atomic mass is 10.2. The molecule has 1 saturated carbocycles. The average Bonchev–Trinajstić information content (AvgIpc) is 3.17. The molecule has 0 atom stereocenters. The molecule has 2 N–H and O–H groups in total. The van der Waals surface area contributed by atoms with E-state index in [9.17, 15) is 18.4 Å².